The highest BCUT2D eigenvalue weighted by Crippen LogP contribution is 2.36. The second kappa shape index (κ2) is 14.7. The predicted octanol–water partition coefficient (Wildman–Crippen LogP) is 0.458. The Morgan fingerprint density at radius 2 is 1.00 bits per heavy atom. The van der Waals surface area contributed by atoms with E-state index in [2.05, 4.69) is 15.9 Å². The molecule has 10 atom stereocenters. The molecule has 0 N–H and O–H groups in total. The van der Waals surface area contributed by atoms with Gasteiger partial charge in [-0.2, -0.15) is 0 Å². The molecule has 0 bridgehead atoms. The maximum Gasteiger partial charge on any atom is 0.303 e. The topological polar surface area (TPSA) is 185 Å². The Balaban J connectivity index is 2.49. The molecule has 2 aliphatic heterocycles. The van der Waals surface area contributed by atoms with Crippen LogP contribution in [0, 0.1) is 0 Å². The maximum atomic E-state index is 12.1. The fraction of sp³-hybridized carbons (Fsp3) is 0.750. The van der Waals surface area contributed by atoms with E-state index < -0.39 is 96.0 Å². The summed E-state index contributed by atoms with van der Waals surface area (Å²) in [5.41, 5.74) is 0. The van der Waals surface area contributed by atoms with Crippen molar-refractivity contribution >= 4 is 51.7 Å². The molecule has 2 fully saturated rings. The number of ether oxygens (including phenoxy) is 9. The SMILES string of the molecule is CC(=O)OC[C@H]1O[C@@H](Br)[C@H](O[C@@H]2O[C@@H](C)[C@H](OC(C)=O)[C@@H](OC(C)=O)[C@H]2OC(C)=O)[C@@H](OC(C)=O)[C@@H]1OC(C)=O. The number of alkyl halides is 1. The zero-order valence-electron chi connectivity index (χ0n) is 23.0. The lowest BCUT2D eigenvalue weighted by atomic mass is 9.97. The smallest absolute Gasteiger partial charge is 0.303 e. The number of carbonyl (C=O) groups is 6. The van der Waals surface area contributed by atoms with E-state index >= 15 is 0 Å². The third kappa shape index (κ3) is 9.38. The molecule has 0 amide bonds. The van der Waals surface area contributed by atoms with Crippen molar-refractivity contribution < 1.29 is 71.4 Å². The molecule has 0 aromatic rings. The molecule has 16 heteroatoms. The van der Waals surface area contributed by atoms with Crippen molar-refractivity contribution in [3.63, 3.8) is 0 Å². The van der Waals surface area contributed by atoms with Crippen LogP contribution in [0.1, 0.15) is 48.5 Å². The normalized spacial score (nSPS) is 33.6. The van der Waals surface area contributed by atoms with Gasteiger partial charge in [0.25, 0.3) is 0 Å². The van der Waals surface area contributed by atoms with Gasteiger partial charge in [-0.05, 0) is 6.92 Å². The molecule has 0 aliphatic carbocycles. The molecule has 0 aromatic carbocycles. The zero-order chi connectivity index (χ0) is 30.3. The summed E-state index contributed by atoms with van der Waals surface area (Å²) in [5.74, 6) is -4.45. The minimum atomic E-state index is -1.50. The van der Waals surface area contributed by atoms with Crippen molar-refractivity contribution in [1.29, 1.82) is 0 Å². The molecule has 0 radical (unpaired) electrons. The van der Waals surface area contributed by atoms with Gasteiger partial charge in [-0.15, -0.1) is 0 Å². The average Bonchev–Trinajstić information content (AvgIpc) is 2.80. The Bertz CT molecular complexity index is 970. The molecular weight excluding hydrogens is 608 g/mol. The zero-order valence-corrected chi connectivity index (χ0v) is 24.6. The summed E-state index contributed by atoms with van der Waals surface area (Å²) in [6.45, 7) is 7.90. The standard InChI is InChI=1S/C24H33BrO15/c1-9-17(34-11(3)27)19(36-13(5)29)22(38-15(7)31)24(33-9)40-21-20(37-14(6)30)18(35-12(4)28)16(39-23(21)25)8-32-10(2)26/h9,16-24H,8H2,1-7H3/t9-,16+,17-,18+,19+,20-,21+,22+,23+,24-/m0/s1. The molecule has 2 rings (SSSR count). The molecule has 2 aliphatic rings. The maximum absolute atomic E-state index is 12.1. The minimum Gasteiger partial charge on any atom is -0.463 e. The monoisotopic (exact) mass is 640 g/mol. The van der Waals surface area contributed by atoms with E-state index in [1.807, 2.05) is 0 Å². The summed E-state index contributed by atoms with van der Waals surface area (Å²) in [4.78, 5) is 71.1. The van der Waals surface area contributed by atoms with E-state index in [4.69, 9.17) is 42.6 Å². The third-order valence-corrected chi connectivity index (χ3v) is 6.29. The molecule has 2 saturated heterocycles. The lowest BCUT2D eigenvalue weighted by molar-refractivity contribution is -0.333. The van der Waals surface area contributed by atoms with Gasteiger partial charge in [-0.25, -0.2) is 0 Å². The first kappa shape index (κ1) is 33.4. The Kier molecular flexibility index (Phi) is 12.3. The van der Waals surface area contributed by atoms with Crippen LogP contribution in [0.4, 0.5) is 0 Å². The van der Waals surface area contributed by atoms with Gasteiger partial charge in [0, 0.05) is 41.5 Å². The molecule has 40 heavy (non-hydrogen) atoms. The van der Waals surface area contributed by atoms with Crippen molar-refractivity contribution in [2.75, 3.05) is 6.61 Å². The van der Waals surface area contributed by atoms with Crippen LogP contribution in [-0.2, 0) is 71.4 Å². The van der Waals surface area contributed by atoms with Crippen LogP contribution in [0.25, 0.3) is 0 Å². The largest absolute Gasteiger partial charge is 0.463 e. The molecule has 2 heterocycles. The Morgan fingerprint density at radius 1 is 0.575 bits per heavy atom. The number of carbonyl (C=O) groups excluding carboxylic acids is 6. The first-order chi connectivity index (χ1) is 18.6. The lowest BCUT2D eigenvalue weighted by Crippen LogP contribution is -2.65. The molecule has 226 valence electrons. The highest BCUT2D eigenvalue weighted by Gasteiger charge is 2.56. The number of rotatable bonds is 9. The Morgan fingerprint density at radius 3 is 1.48 bits per heavy atom. The summed E-state index contributed by atoms with van der Waals surface area (Å²) in [6.07, 6.45) is -11.5. The van der Waals surface area contributed by atoms with Crippen LogP contribution in [0.5, 0.6) is 0 Å². The van der Waals surface area contributed by atoms with E-state index in [-0.39, 0.29) is 6.61 Å². The van der Waals surface area contributed by atoms with Crippen molar-refractivity contribution in [2.24, 2.45) is 0 Å². The fourth-order valence-corrected chi connectivity index (χ4v) is 4.94. The van der Waals surface area contributed by atoms with Crippen molar-refractivity contribution in [1.82, 2.24) is 0 Å². The van der Waals surface area contributed by atoms with Crippen LogP contribution < -0.4 is 0 Å². The van der Waals surface area contributed by atoms with Gasteiger partial charge in [0.05, 0.1) is 6.10 Å². The fourth-order valence-electron chi connectivity index (χ4n) is 4.24. The van der Waals surface area contributed by atoms with Crippen LogP contribution in [0.2, 0.25) is 0 Å². The Labute approximate surface area is 238 Å². The van der Waals surface area contributed by atoms with Crippen LogP contribution >= 0.6 is 15.9 Å². The van der Waals surface area contributed by atoms with Crippen LogP contribution in [0.15, 0.2) is 0 Å². The number of hydrogen-bond donors (Lipinski definition) is 0. The van der Waals surface area contributed by atoms with E-state index in [9.17, 15) is 28.8 Å². The number of hydrogen-bond acceptors (Lipinski definition) is 15. The molecule has 0 saturated carbocycles. The van der Waals surface area contributed by atoms with Crippen LogP contribution in [0.3, 0.4) is 0 Å². The molecule has 0 unspecified atom stereocenters. The van der Waals surface area contributed by atoms with Crippen molar-refractivity contribution in [3.05, 3.63) is 0 Å². The second-order valence-corrected chi connectivity index (χ2v) is 9.91. The van der Waals surface area contributed by atoms with Gasteiger partial charge >= 0.3 is 35.8 Å². The van der Waals surface area contributed by atoms with E-state index in [1.54, 1.807) is 0 Å². The lowest BCUT2D eigenvalue weighted by Gasteiger charge is -2.47. The third-order valence-electron chi connectivity index (χ3n) is 5.56. The van der Waals surface area contributed by atoms with Gasteiger partial charge in [0.15, 0.2) is 36.8 Å². The van der Waals surface area contributed by atoms with Crippen LogP contribution in [-0.4, -0.2) is 103 Å². The first-order valence-electron chi connectivity index (χ1n) is 12.2. The predicted molar refractivity (Wildman–Crippen MR) is 131 cm³/mol. The quantitative estimate of drug-likeness (QED) is 0.192. The highest BCUT2D eigenvalue weighted by atomic mass is 79.9. The summed E-state index contributed by atoms with van der Waals surface area (Å²) < 4.78 is 49.8. The highest BCUT2D eigenvalue weighted by molar-refractivity contribution is 9.09. The molecule has 0 spiro atoms. The van der Waals surface area contributed by atoms with Gasteiger partial charge in [-0.1, -0.05) is 15.9 Å². The second-order valence-electron chi connectivity index (χ2n) is 9.01. The van der Waals surface area contributed by atoms with E-state index in [0.717, 1.165) is 34.6 Å². The Hall–Kier alpha value is -2.82. The summed E-state index contributed by atoms with van der Waals surface area (Å²) >= 11 is 3.30. The average molecular weight is 641 g/mol. The van der Waals surface area contributed by atoms with Crippen molar-refractivity contribution in [3.8, 4) is 0 Å². The van der Waals surface area contributed by atoms with E-state index in [0.29, 0.717) is 0 Å². The first-order valence-corrected chi connectivity index (χ1v) is 13.1. The summed E-state index contributed by atoms with van der Waals surface area (Å²) in [6, 6.07) is 0. The molecule has 0 aromatic heterocycles. The van der Waals surface area contributed by atoms with E-state index in [1.165, 1.54) is 13.8 Å². The summed E-state index contributed by atoms with van der Waals surface area (Å²) in [7, 11) is 0. The summed E-state index contributed by atoms with van der Waals surface area (Å²) in [5, 5.41) is -1.08. The minimum absolute atomic E-state index is 0.356. The number of esters is 6. The van der Waals surface area contributed by atoms with Gasteiger partial charge < -0.3 is 42.6 Å². The van der Waals surface area contributed by atoms with Gasteiger partial charge in [0.2, 0.25) is 0 Å². The number of halogens is 1. The van der Waals surface area contributed by atoms with Gasteiger partial charge in [-0.3, -0.25) is 28.8 Å². The molecule has 15 nitrogen and oxygen atoms in total. The molecular formula is C24H33BrO15. The van der Waals surface area contributed by atoms with Crippen molar-refractivity contribution in [2.45, 2.75) is 109 Å². The van der Waals surface area contributed by atoms with Gasteiger partial charge in [0.1, 0.15) is 23.8 Å².